The molecule has 0 atom stereocenters. The number of anilines is 1. The monoisotopic (exact) mass is 217 g/mol. The lowest BCUT2D eigenvalue weighted by molar-refractivity contribution is -0.138. The Bertz CT molecular complexity index is 385. The molecule has 0 aliphatic carbocycles. The van der Waals surface area contributed by atoms with Gasteiger partial charge in [0.1, 0.15) is 5.78 Å². The number of benzene rings is 1. The number of hydrogen-bond donors (Lipinski definition) is 1. The van der Waals surface area contributed by atoms with Gasteiger partial charge in [-0.05, 0) is 30.7 Å². The molecule has 0 aromatic heterocycles. The van der Waals surface area contributed by atoms with Crippen molar-refractivity contribution < 1.29 is 18.0 Å². The molecule has 0 fully saturated rings. The summed E-state index contributed by atoms with van der Waals surface area (Å²) in [5.41, 5.74) is 4.72. The molecule has 0 saturated carbocycles. The first-order chi connectivity index (χ1) is 6.80. The molecule has 0 aliphatic rings. The van der Waals surface area contributed by atoms with Crippen LogP contribution in [0.3, 0.4) is 0 Å². The van der Waals surface area contributed by atoms with Crippen LogP contribution in [0.1, 0.15) is 18.1 Å². The first-order valence-electron chi connectivity index (χ1n) is 4.25. The zero-order chi connectivity index (χ0) is 11.6. The van der Waals surface area contributed by atoms with E-state index in [-0.39, 0.29) is 23.5 Å². The van der Waals surface area contributed by atoms with Gasteiger partial charge >= 0.3 is 6.18 Å². The molecule has 15 heavy (non-hydrogen) atoms. The number of rotatable bonds is 2. The van der Waals surface area contributed by atoms with E-state index in [2.05, 4.69) is 0 Å². The van der Waals surface area contributed by atoms with Crippen molar-refractivity contribution in [2.75, 3.05) is 5.73 Å². The maximum absolute atomic E-state index is 12.5. The Morgan fingerprint density at radius 2 is 2.00 bits per heavy atom. The van der Waals surface area contributed by atoms with Crippen LogP contribution < -0.4 is 5.73 Å². The van der Waals surface area contributed by atoms with E-state index in [0.29, 0.717) is 0 Å². The molecule has 0 bridgehead atoms. The molecule has 5 heteroatoms. The molecule has 0 amide bonds. The van der Waals surface area contributed by atoms with Crippen LogP contribution in [-0.2, 0) is 17.4 Å². The number of Topliss-reactive ketones (excluding diaryl/α,β-unsaturated/α-hetero) is 1. The third-order valence-electron chi connectivity index (χ3n) is 1.87. The van der Waals surface area contributed by atoms with Gasteiger partial charge in [0.05, 0.1) is 5.56 Å². The van der Waals surface area contributed by atoms with E-state index in [4.69, 9.17) is 5.73 Å². The number of alkyl halides is 3. The highest BCUT2D eigenvalue weighted by molar-refractivity contribution is 5.79. The van der Waals surface area contributed by atoms with E-state index in [1.54, 1.807) is 0 Å². The van der Waals surface area contributed by atoms with Gasteiger partial charge in [0.15, 0.2) is 0 Å². The van der Waals surface area contributed by atoms with Crippen LogP contribution in [0.25, 0.3) is 0 Å². The number of ketones is 1. The van der Waals surface area contributed by atoms with Crippen LogP contribution in [0, 0.1) is 0 Å². The molecule has 0 radical (unpaired) electrons. The van der Waals surface area contributed by atoms with Gasteiger partial charge in [-0.25, -0.2) is 0 Å². The van der Waals surface area contributed by atoms with Crippen molar-refractivity contribution in [2.24, 2.45) is 0 Å². The summed E-state index contributed by atoms with van der Waals surface area (Å²) in [6.07, 6.45) is -4.70. The molecule has 1 rings (SSSR count). The Morgan fingerprint density at radius 1 is 1.40 bits per heavy atom. The van der Waals surface area contributed by atoms with Crippen LogP contribution in [-0.4, -0.2) is 5.78 Å². The van der Waals surface area contributed by atoms with Gasteiger partial charge in [-0.3, -0.25) is 4.79 Å². The summed E-state index contributed by atoms with van der Waals surface area (Å²) in [5.74, 6) is -0.328. The van der Waals surface area contributed by atoms with E-state index in [1.165, 1.54) is 19.1 Å². The summed E-state index contributed by atoms with van der Waals surface area (Å²) in [7, 11) is 0. The zero-order valence-corrected chi connectivity index (χ0v) is 8.06. The smallest absolute Gasteiger partial charge is 0.399 e. The van der Waals surface area contributed by atoms with Crippen molar-refractivity contribution >= 4 is 11.5 Å². The van der Waals surface area contributed by atoms with Gasteiger partial charge in [-0.15, -0.1) is 0 Å². The Labute approximate surface area is 84.9 Å². The fraction of sp³-hybridized carbons (Fsp3) is 0.300. The molecule has 82 valence electrons. The van der Waals surface area contributed by atoms with E-state index in [1.807, 2.05) is 0 Å². The number of nitrogens with two attached hydrogens (primary N) is 1. The molecule has 0 unspecified atom stereocenters. The van der Waals surface area contributed by atoms with Crippen molar-refractivity contribution in [3.63, 3.8) is 0 Å². The maximum atomic E-state index is 12.5. The van der Waals surface area contributed by atoms with Crippen molar-refractivity contribution in [1.82, 2.24) is 0 Å². The Kier molecular flexibility index (Phi) is 3.02. The predicted octanol–water partition coefficient (Wildman–Crippen LogP) is 2.42. The highest BCUT2D eigenvalue weighted by Gasteiger charge is 2.33. The average Bonchev–Trinajstić information content (AvgIpc) is 1.99. The molecule has 0 aliphatic heterocycles. The van der Waals surface area contributed by atoms with Crippen molar-refractivity contribution in [2.45, 2.75) is 19.5 Å². The lowest BCUT2D eigenvalue weighted by Gasteiger charge is -2.12. The summed E-state index contributed by atoms with van der Waals surface area (Å²) < 4.78 is 37.4. The molecule has 0 saturated heterocycles. The molecule has 1 aromatic rings. The van der Waals surface area contributed by atoms with Gasteiger partial charge in [-0.2, -0.15) is 13.2 Å². The number of hydrogen-bond acceptors (Lipinski definition) is 2. The van der Waals surface area contributed by atoms with Crippen molar-refractivity contribution in [1.29, 1.82) is 0 Å². The number of carbonyl (C=O) groups excluding carboxylic acids is 1. The third kappa shape index (κ3) is 2.97. The van der Waals surface area contributed by atoms with Crippen LogP contribution in [0.2, 0.25) is 0 Å². The van der Waals surface area contributed by atoms with Gasteiger partial charge in [-0.1, -0.05) is 0 Å². The lowest BCUT2D eigenvalue weighted by Crippen LogP contribution is -2.11. The second kappa shape index (κ2) is 3.92. The molecular formula is C10H10F3NO. The first kappa shape index (κ1) is 11.6. The number of nitrogen functional groups attached to an aromatic ring is 1. The summed E-state index contributed by atoms with van der Waals surface area (Å²) in [4.78, 5) is 10.8. The second-order valence-electron chi connectivity index (χ2n) is 3.29. The average molecular weight is 217 g/mol. The normalized spacial score (nSPS) is 11.5. The largest absolute Gasteiger partial charge is 0.416 e. The zero-order valence-electron chi connectivity index (χ0n) is 8.06. The van der Waals surface area contributed by atoms with Crippen molar-refractivity contribution in [3.05, 3.63) is 29.3 Å². The third-order valence-corrected chi connectivity index (χ3v) is 1.87. The van der Waals surface area contributed by atoms with Gasteiger partial charge in [0.25, 0.3) is 0 Å². The van der Waals surface area contributed by atoms with Gasteiger partial charge in [0, 0.05) is 12.1 Å². The van der Waals surface area contributed by atoms with E-state index in [9.17, 15) is 18.0 Å². The van der Waals surface area contributed by atoms with Crippen LogP contribution >= 0.6 is 0 Å². The summed E-state index contributed by atoms with van der Waals surface area (Å²) in [5, 5.41) is 0. The highest BCUT2D eigenvalue weighted by atomic mass is 19.4. The fourth-order valence-corrected chi connectivity index (χ4v) is 1.30. The summed E-state index contributed by atoms with van der Waals surface area (Å²) in [6.45, 7) is 1.24. The van der Waals surface area contributed by atoms with E-state index in [0.717, 1.165) is 6.07 Å². The van der Waals surface area contributed by atoms with Gasteiger partial charge < -0.3 is 5.73 Å². The van der Waals surface area contributed by atoms with E-state index >= 15 is 0 Å². The quantitative estimate of drug-likeness (QED) is 0.773. The minimum absolute atomic E-state index is 0.0741. The molecule has 1 aromatic carbocycles. The summed E-state index contributed by atoms with van der Waals surface area (Å²) >= 11 is 0. The maximum Gasteiger partial charge on any atom is 0.416 e. The molecular weight excluding hydrogens is 207 g/mol. The lowest BCUT2D eigenvalue weighted by atomic mass is 10.0. The van der Waals surface area contributed by atoms with E-state index < -0.39 is 11.7 Å². The van der Waals surface area contributed by atoms with Crippen LogP contribution in [0.15, 0.2) is 18.2 Å². The molecule has 2 nitrogen and oxygen atoms in total. The number of carbonyl (C=O) groups is 1. The predicted molar refractivity (Wildman–Crippen MR) is 50.2 cm³/mol. The SMILES string of the molecule is CC(=O)Cc1cc(N)ccc1C(F)(F)F. The fourth-order valence-electron chi connectivity index (χ4n) is 1.30. The Balaban J connectivity index is 3.20. The van der Waals surface area contributed by atoms with Crippen LogP contribution in [0.5, 0.6) is 0 Å². The van der Waals surface area contributed by atoms with Crippen LogP contribution in [0.4, 0.5) is 18.9 Å². The molecule has 0 heterocycles. The van der Waals surface area contributed by atoms with Crippen molar-refractivity contribution in [3.8, 4) is 0 Å². The molecule has 2 N–H and O–H groups in total. The minimum Gasteiger partial charge on any atom is -0.399 e. The second-order valence-corrected chi connectivity index (χ2v) is 3.29. The standard InChI is InChI=1S/C10H10F3NO/c1-6(15)4-7-5-8(14)2-3-9(7)10(11,12)13/h2-3,5H,4,14H2,1H3. The first-order valence-corrected chi connectivity index (χ1v) is 4.25. The topological polar surface area (TPSA) is 43.1 Å². The minimum atomic E-state index is -4.45. The molecule has 0 spiro atoms. The summed E-state index contributed by atoms with van der Waals surface area (Å²) in [6, 6.07) is 3.25. The number of halogens is 3. The van der Waals surface area contributed by atoms with Gasteiger partial charge in [0.2, 0.25) is 0 Å². The Morgan fingerprint density at radius 3 is 2.47 bits per heavy atom. The Hall–Kier alpha value is -1.52. The highest BCUT2D eigenvalue weighted by Crippen LogP contribution is 2.33.